The van der Waals surface area contributed by atoms with E-state index in [9.17, 15) is 31.9 Å². The monoisotopic (exact) mass is 389 g/mol. The molecule has 2 heterocycles. The minimum atomic E-state index is -5.12. The molecule has 27 heavy (non-hydrogen) atoms. The van der Waals surface area contributed by atoms with E-state index in [1.807, 2.05) is 0 Å². The van der Waals surface area contributed by atoms with Crippen LogP contribution in [0.2, 0.25) is 0 Å². The lowest BCUT2D eigenvalue weighted by molar-refractivity contribution is -0.250. The van der Waals surface area contributed by atoms with Crippen LogP contribution in [0.15, 0.2) is 24.4 Å². The molecule has 1 amide bonds. The maximum absolute atomic E-state index is 14.1. The molecule has 0 aliphatic carbocycles. The molecule has 1 N–H and O–H groups in total. The predicted octanol–water partition coefficient (Wildman–Crippen LogP) is 2.91. The molecule has 0 bridgehead atoms. The molecule has 5 nitrogen and oxygen atoms in total. The van der Waals surface area contributed by atoms with Crippen molar-refractivity contribution in [2.24, 2.45) is 0 Å². The second-order valence-corrected chi connectivity index (χ2v) is 6.72. The van der Waals surface area contributed by atoms with E-state index in [1.54, 1.807) is 6.92 Å². The molecule has 3 rings (SSSR count). The third-order valence-corrected chi connectivity index (χ3v) is 4.60. The number of carbonyl (C=O) groups excluding carboxylic acids is 1. The van der Waals surface area contributed by atoms with Gasteiger partial charge in [-0.3, -0.25) is 4.79 Å². The van der Waals surface area contributed by atoms with Gasteiger partial charge in [0.15, 0.2) is 5.82 Å². The number of halogens is 5. The third-order valence-electron chi connectivity index (χ3n) is 4.60. The average molecular weight is 389 g/mol. The maximum atomic E-state index is 14.1. The number of carbonyl (C=O) groups is 1. The third kappa shape index (κ3) is 3.18. The molecule has 1 aliphatic heterocycles. The largest absolute Gasteiger partial charge is 0.426 e. The predicted molar refractivity (Wildman–Crippen MR) is 84.0 cm³/mol. The van der Waals surface area contributed by atoms with Crippen molar-refractivity contribution in [1.29, 1.82) is 0 Å². The van der Waals surface area contributed by atoms with Gasteiger partial charge in [0, 0.05) is 30.6 Å². The molecule has 10 heteroatoms. The van der Waals surface area contributed by atoms with Gasteiger partial charge < -0.3 is 10.0 Å². The number of alkyl halides is 3. The van der Waals surface area contributed by atoms with Gasteiger partial charge in [0.1, 0.15) is 11.5 Å². The summed E-state index contributed by atoms with van der Waals surface area (Å²) >= 11 is 0. The van der Waals surface area contributed by atoms with E-state index in [1.165, 1.54) is 16.9 Å². The fourth-order valence-corrected chi connectivity index (χ4v) is 3.15. The Morgan fingerprint density at radius 2 is 1.96 bits per heavy atom. The summed E-state index contributed by atoms with van der Waals surface area (Å²) in [5.74, 6) is -3.55. The second-order valence-electron chi connectivity index (χ2n) is 6.72. The quantitative estimate of drug-likeness (QED) is 0.804. The van der Waals surface area contributed by atoms with E-state index < -0.39 is 35.2 Å². The molecule has 2 aromatic rings. The smallest absolute Gasteiger partial charge is 0.373 e. The number of amides is 1. The van der Waals surface area contributed by atoms with Gasteiger partial charge in [-0.2, -0.15) is 18.3 Å². The van der Waals surface area contributed by atoms with Crippen molar-refractivity contribution in [2.45, 2.75) is 38.1 Å². The summed E-state index contributed by atoms with van der Waals surface area (Å²) in [5, 5.41) is 13.7. The summed E-state index contributed by atoms with van der Waals surface area (Å²) in [4.78, 5) is 13.1. The van der Waals surface area contributed by atoms with Gasteiger partial charge in [-0.1, -0.05) is 6.92 Å². The first-order valence-electron chi connectivity index (χ1n) is 8.04. The van der Waals surface area contributed by atoms with E-state index in [-0.39, 0.29) is 18.8 Å². The number of hydrogen-bond donors (Lipinski definition) is 1. The Bertz CT molecular complexity index is 891. The molecule has 0 saturated carbocycles. The minimum absolute atomic E-state index is 0.00781. The number of rotatable bonds is 2. The summed E-state index contributed by atoms with van der Waals surface area (Å²) in [6.45, 7) is 1.72. The van der Waals surface area contributed by atoms with Gasteiger partial charge in [0.05, 0.1) is 11.9 Å². The zero-order chi connectivity index (χ0) is 20.1. The Kier molecular flexibility index (Phi) is 4.49. The number of benzene rings is 1. The van der Waals surface area contributed by atoms with Crippen LogP contribution in [0.5, 0.6) is 0 Å². The summed E-state index contributed by atoms with van der Waals surface area (Å²) in [7, 11) is 0. The Hall–Kier alpha value is -2.49. The summed E-state index contributed by atoms with van der Waals surface area (Å²) < 4.78 is 67.3. The number of aromatic nitrogens is 2. The zero-order valence-corrected chi connectivity index (χ0v) is 14.4. The van der Waals surface area contributed by atoms with Crippen LogP contribution < -0.4 is 0 Å². The van der Waals surface area contributed by atoms with E-state index in [2.05, 4.69) is 5.10 Å². The van der Waals surface area contributed by atoms with Crippen molar-refractivity contribution in [3.63, 3.8) is 0 Å². The topological polar surface area (TPSA) is 58.4 Å². The van der Waals surface area contributed by atoms with E-state index in [0.29, 0.717) is 24.2 Å². The Balaban J connectivity index is 1.95. The van der Waals surface area contributed by atoms with Crippen LogP contribution in [0.1, 0.15) is 31.0 Å². The van der Waals surface area contributed by atoms with Crippen LogP contribution in [-0.2, 0) is 11.3 Å². The molecular formula is C17H16F5N3O2. The fourth-order valence-electron chi connectivity index (χ4n) is 3.15. The molecule has 1 aromatic carbocycles. The molecule has 0 unspecified atom stereocenters. The SMILES string of the molecule is C[C@H]1CN(C(=O)[C@@](C)(O)C(F)(F)F)Cc2cnn(-c3ccc(F)cc3F)c21. The Labute approximate surface area is 151 Å². The highest BCUT2D eigenvalue weighted by Crippen LogP contribution is 2.36. The molecule has 146 valence electrons. The summed E-state index contributed by atoms with van der Waals surface area (Å²) in [5.41, 5.74) is -2.59. The molecule has 0 radical (unpaired) electrons. The van der Waals surface area contributed by atoms with Crippen LogP contribution >= 0.6 is 0 Å². The Morgan fingerprint density at radius 1 is 1.30 bits per heavy atom. The van der Waals surface area contributed by atoms with Crippen molar-refractivity contribution >= 4 is 5.91 Å². The number of hydrogen-bond acceptors (Lipinski definition) is 3. The molecule has 0 fully saturated rings. The molecule has 2 atom stereocenters. The van der Waals surface area contributed by atoms with Gasteiger partial charge in [-0.05, 0) is 19.1 Å². The average Bonchev–Trinajstić information content (AvgIpc) is 2.97. The van der Waals surface area contributed by atoms with Gasteiger partial charge in [-0.15, -0.1) is 0 Å². The van der Waals surface area contributed by atoms with Crippen molar-refractivity contribution < 1.29 is 31.9 Å². The number of aliphatic hydroxyl groups is 1. The summed E-state index contributed by atoms with van der Waals surface area (Å²) in [6.07, 6.45) is -3.80. The van der Waals surface area contributed by atoms with Gasteiger partial charge in [0.25, 0.3) is 5.91 Å². The van der Waals surface area contributed by atoms with Crippen molar-refractivity contribution in [3.05, 3.63) is 47.3 Å². The van der Waals surface area contributed by atoms with Crippen molar-refractivity contribution in [3.8, 4) is 5.69 Å². The molecule has 1 aliphatic rings. The van der Waals surface area contributed by atoms with Crippen molar-refractivity contribution in [1.82, 2.24) is 14.7 Å². The molecule has 0 spiro atoms. The normalized spacial score (nSPS) is 19.6. The second kappa shape index (κ2) is 6.29. The zero-order valence-electron chi connectivity index (χ0n) is 14.4. The van der Waals surface area contributed by atoms with Crippen LogP contribution in [0.25, 0.3) is 5.69 Å². The van der Waals surface area contributed by atoms with Gasteiger partial charge >= 0.3 is 6.18 Å². The molecular weight excluding hydrogens is 373 g/mol. The van der Waals surface area contributed by atoms with E-state index >= 15 is 0 Å². The lowest BCUT2D eigenvalue weighted by atomic mass is 9.95. The highest BCUT2D eigenvalue weighted by molar-refractivity contribution is 5.85. The maximum Gasteiger partial charge on any atom is 0.426 e. The van der Waals surface area contributed by atoms with E-state index in [4.69, 9.17) is 0 Å². The fraction of sp³-hybridized carbons (Fsp3) is 0.412. The molecule has 0 saturated heterocycles. The first-order valence-corrected chi connectivity index (χ1v) is 8.04. The number of fused-ring (bicyclic) bond motifs is 1. The Morgan fingerprint density at radius 3 is 2.56 bits per heavy atom. The van der Waals surface area contributed by atoms with Gasteiger partial charge in [0.2, 0.25) is 5.60 Å². The van der Waals surface area contributed by atoms with Crippen LogP contribution in [-0.4, -0.2) is 44.0 Å². The summed E-state index contributed by atoms with van der Waals surface area (Å²) in [6, 6.07) is 2.97. The van der Waals surface area contributed by atoms with E-state index in [0.717, 1.165) is 11.0 Å². The highest BCUT2D eigenvalue weighted by atomic mass is 19.4. The standard InChI is InChI=1S/C17H16F5N3O2/c1-9-7-24(15(26)16(2,27)17(20,21)22)8-10-6-23-25(14(9)10)13-4-3-11(18)5-12(13)19/h3-6,9,27H,7-8H2,1-2H3/t9-,16+/m0/s1. The lowest BCUT2D eigenvalue weighted by Crippen LogP contribution is -2.57. The lowest BCUT2D eigenvalue weighted by Gasteiger charge is -2.36. The van der Waals surface area contributed by atoms with Crippen LogP contribution in [0.4, 0.5) is 22.0 Å². The first kappa shape index (κ1) is 19.3. The van der Waals surface area contributed by atoms with Gasteiger partial charge in [-0.25, -0.2) is 13.5 Å². The highest BCUT2D eigenvalue weighted by Gasteiger charge is 2.57. The number of nitrogens with zero attached hydrogens (tertiary/aromatic N) is 3. The van der Waals surface area contributed by atoms with Crippen molar-refractivity contribution in [2.75, 3.05) is 6.54 Å². The first-order chi connectivity index (χ1) is 12.4. The van der Waals surface area contributed by atoms with Crippen LogP contribution in [0, 0.1) is 11.6 Å². The molecule has 1 aromatic heterocycles. The van der Waals surface area contributed by atoms with Crippen LogP contribution in [0.3, 0.4) is 0 Å². The minimum Gasteiger partial charge on any atom is -0.373 e.